The summed E-state index contributed by atoms with van der Waals surface area (Å²) in [5.41, 5.74) is 4.04. The quantitative estimate of drug-likeness (QED) is 0.530. The van der Waals surface area contributed by atoms with E-state index in [1.165, 1.54) is 11.8 Å². The Kier molecular flexibility index (Phi) is 3.55. The molecule has 1 aliphatic carbocycles. The minimum absolute atomic E-state index is 0.0408. The van der Waals surface area contributed by atoms with Crippen LogP contribution in [0.4, 0.5) is 5.82 Å². The highest BCUT2D eigenvalue weighted by molar-refractivity contribution is 7.98. The number of carbonyl (C=O) groups is 1. The van der Waals surface area contributed by atoms with Crippen LogP contribution in [-0.2, 0) is 0 Å². The Morgan fingerprint density at radius 2 is 1.67 bits per heavy atom. The first-order valence-corrected chi connectivity index (χ1v) is 9.80. The van der Waals surface area contributed by atoms with Gasteiger partial charge < -0.3 is 10.3 Å². The van der Waals surface area contributed by atoms with Crippen LogP contribution in [0, 0.1) is 0 Å². The number of H-pyrrole nitrogens is 1. The van der Waals surface area contributed by atoms with E-state index in [4.69, 9.17) is 0 Å². The number of thioether (sulfide) groups is 1. The lowest BCUT2D eigenvalue weighted by molar-refractivity contribution is 0.103. The molecule has 1 aliphatic heterocycles. The minimum atomic E-state index is -0.454. The van der Waals surface area contributed by atoms with Crippen LogP contribution in [0.15, 0.2) is 70.1 Å². The number of rotatable bonds is 2. The third-order valence-corrected chi connectivity index (χ3v) is 5.62. The van der Waals surface area contributed by atoms with Gasteiger partial charge in [0.1, 0.15) is 5.82 Å². The summed E-state index contributed by atoms with van der Waals surface area (Å²) in [5.74, 6) is 0.0191. The molecule has 0 bridgehead atoms. The number of aromatic nitrogens is 2. The second kappa shape index (κ2) is 5.96. The zero-order valence-electron chi connectivity index (χ0n) is 14.4. The van der Waals surface area contributed by atoms with Crippen LogP contribution in [-0.4, -0.2) is 22.0 Å². The van der Waals surface area contributed by atoms with Crippen LogP contribution in [0.3, 0.4) is 0 Å². The molecule has 0 unspecified atom stereocenters. The largest absolute Gasteiger partial charge is 0.339 e. The fourth-order valence-corrected chi connectivity index (χ4v) is 4.25. The molecular weight excluding hydrogens is 358 g/mol. The standard InChI is InChI=1S/C21H15N3O2S/c1-27-21-23-19-16(20(26)24-21)14(11-7-3-2-4-8-11)15-17(22-19)12-9-5-6-10-13(12)18(15)25/h2-10,14H,1H3,(H2,22,23,24,26)/t14-/m1/s1. The Balaban J connectivity index is 1.82. The van der Waals surface area contributed by atoms with Gasteiger partial charge in [0.2, 0.25) is 0 Å². The van der Waals surface area contributed by atoms with E-state index in [0.29, 0.717) is 27.7 Å². The molecule has 0 spiro atoms. The van der Waals surface area contributed by atoms with Crippen molar-refractivity contribution in [1.82, 2.24) is 9.97 Å². The van der Waals surface area contributed by atoms with Crippen LogP contribution in [0.2, 0.25) is 0 Å². The molecule has 1 atom stereocenters. The molecule has 5 nitrogen and oxygen atoms in total. The molecule has 132 valence electrons. The van der Waals surface area contributed by atoms with Crippen LogP contribution in [0.25, 0.3) is 5.70 Å². The Labute approximate surface area is 159 Å². The summed E-state index contributed by atoms with van der Waals surface area (Å²) in [5, 5.41) is 3.82. The highest BCUT2D eigenvalue weighted by Gasteiger charge is 2.41. The van der Waals surface area contributed by atoms with E-state index in [1.54, 1.807) is 0 Å². The number of allylic oxidation sites excluding steroid dienone is 1. The van der Waals surface area contributed by atoms with Crippen molar-refractivity contribution in [3.8, 4) is 0 Å². The Hall–Kier alpha value is -3.12. The average molecular weight is 373 g/mol. The van der Waals surface area contributed by atoms with E-state index < -0.39 is 5.92 Å². The number of anilines is 1. The molecule has 3 aromatic rings. The molecule has 0 saturated heterocycles. The second-order valence-electron chi connectivity index (χ2n) is 6.47. The number of ketones is 1. The fraction of sp³-hybridized carbons (Fsp3) is 0.0952. The molecule has 0 radical (unpaired) electrons. The van der Waals surface area contributed by atoms with E-state index in [2.05, 4.69) is 15.3 Å². The third-order valence-electron chi connectivity index (χ3n) is 5.04. The van der Waals surface area contributed by atoms with Crippen LogP contribution >= 0.6 is 11.8 Å². The summed E-state index contributed by atoms with van der Waals surface area (Å²) in [7, 11) is 0. The molecule has 5 rings (SSSR count). The topological polar surface area (TPSA) is 74.8 Å². The smallest absolute Gasteiger partial charge is 0.257 e. The lowest BCUT2D eigenvalue weighted by Gasteiger charge is -2.27. The number of hydrogen-bond donors (Lipinski definition) is 2. The zero-order valence-corrected chi connectivity index (χ0v) is 15.3. The first kappa shape index (κ1) is 16.1. The third kappa shape index (κ3) is 2.30. The summed E-state index contributed by atoms with van der Waals surface area (Å²) in [6.07, 6.45) is 1.86. The highest BCUT2D eigenvalue weighted by atomic mass is 32.2. The van der Waals surface area contributed by atoms with Gasteiger partial charge in [-0.25, -0.2) is 4.98 Å². The molecular formula is C21H15N3O2S. The molecule has 2 heterocycles. The fourth-order valence-electron chi connectivity index (χ4n) is 3.88. The van der Waals surface area contributed by atoms with Crippen molar-refractivity contribution in [2.45, 2.75) is 11.1 Å². The van der Waals surface area contributed by atoms with E-state index >= 15 is 0 Å². The number of nitrogens with zero attached hydrogens (tertiary/aromatic N) is 1. The maximum Gasteiger partial charge on any atom is 0.257 e. The molecule has 0 amide bonds. The predicted molar refractivity (Wildman–Crippen MR) is 106 cm³/mol. The Morgan fingerprint density at radius 3 is 2.41 bits per heavy atom. The van der Waals surface area contributed by atoms with E-state index in [-0.39, 0.29) is 11.3 Å². The van der Waals surface area contributed by atoms with Crippen LogP contribution < -0.4 is 10.9 Å². The summed E-state index contributed by atoms with van der Waals surface area (Å²) in [6.45, 7) is 0. The maximum absolute atomic E-state index is 13.2. The van der Waals surface area contributed by atoms with E-state index in [0.717, 1.165) is 16.8 Å². The number of fused-ring (bicyclic) bond motifs is 3. The second-order valence-corrected chi connectivity index (χ2v) is 7.26. The van der Waals surface area contributed by atoms with Gasteiger partial charge in [-0.2, -0.15) is 0 Å². The van der Waals surface area contributed by atoms with Gasteiger partial charge in [-0.3, -0.25) is 9.59 Å². The predicted octanol–water partition coefficient (Wildman–Crippen LogP) is 3.66. The van der Waals surface area contributed by atoms with Gasteiger partial charge in [0.15, 0.2) is 10.9 Å². The molecule has 27 heavy (non-hydrogen) atoms. The minimum Gasteiger partial charge on any atom is -0.339 e. The molecule has 6 heteroatoms. The molecule has 2 aromatic carbocycles. The number of Topliss-reactive ketones (excluding diaryl/α,β-unsaturated/α-hetero) is 1. The van der Waals surface area contributed by atoms with Crippen molar-refractivity contribution >= 4 is 29.1 Å². The molecule has 0 fully saturated rings. The van der Waals surface area contributed by atoms with Crippen molar-refractivity contribution in [3.63, 3.8) is 0 Å². The SMILES string of the molecule is CSc1nc2c(c(=O)[nH]1)[C@H](c1ccccc1)C1=C(N2)c2ccccc2C1=O. The van der Waals surface area contributed by atoms with E-state index in [9.17, 15) is 9.59 Å². The van der Waals surface area contributed by atoms with Gasteiger partial charge in [0.05, 0.1) is 11.3 Å². The zero-order chi connectivity index (χ0) is 18.5. The Morgan fingerprint density at radius 1 is 0.963 bits per heavy atom. The summed E-state index contributed by atoms with van der Waals surface area (Å²) in [6, 6.07) is 17.2. The average Bonchev–Trinajstić information content (AvgIpc) is 2.99. The highest BCUT2D eigenvalue weighted by Crippen LogP contribution is 2.47. The van der Waals surface area contributed by atoms with Crippen molar-refractivity contribution in [2.24, 2.45) is 0 Å². The first-order valence-electron chi connectivity index (χ1n) is 8.57. The summed E-state index contributed by atoms with van der Waals surface area (Å²) < 4.78 is 0. The monoisotopic (exact) mass is 373 g/mol. The van der Waals surface area contributed by atoms with Crippen LogP contribution in [0.5, 0.6) is 0 Å². The molecule has 2 aliphatic rings. The summed E-state index contributed by atoms with van der Waals surface area (Å²) >= 11 is 1.37. The number of nitrogens with one attached hydrogen (secondary N) is 2. The van der Waals surface area contributed by atoms with Crippen LogP contribution in [0.1, 0.15) is 33.0 Å². The van der Waals surface area contributed by atoms with Gasteiger partial charge in [-0.05, 0) is 11.8 Å². The van der Waals surface area contributed by atoms with E-state index in [1.807, 2.05) is 60.9 Å². The van der Waals surface area contributed by atoms with Gasteiger partial charge in [0.25, 0.3) is 5.56 Å². The normalized spacial score (nSPS) is 17.2. The lowest BCUT2D eigenvalue weighted by atomic mass is 9.82. The molecule has 1 aromatic heterocycles. The van der Waals surface area contributed by atoms with Crippen molar-refractivity contribution in [3.05, 3.63) is 92.8 Å². The summed E-state index contributed by atoms with van der Waals surface area (Å²) in [4.78, 5) is 33.5. The number of aromatic amines is 1. The molecule has 0 saturated carbocycles. The van der Waals surface area contributed by atoms with Gasteiger partial charge in [-0.15, -0.1) is 0 Å². The van der Waals surface area contributed by atoms with Gasteiger partial charge in [0, 0.05) is 22.6 Å². The Bertz CT molecular complexity index is 1180. The first-order chi connectivity index (χ1) is 13.2. The van der Waals surface area contributed by atoms with Crippen molar-refractivity contribution in [2.75, 3.05) is 11.6 Å². The van der Waals surface area contributed by atoms with Crippen molar-refractivity contribution < 1.29 is 4.79 Å². The van der Waals surface area contributed by atoms with Crippen molar-refractivity contribution in [1.29, 1.82) is 0 Å². The number of benzene rings is 2. The maximum atomic E-state index is 13.2. The van der Waals surface area contributed by atoms with Gasteiger partial charge in [-0.1, -0.05) is 66.4 Å². The number of hydrogen-bond acceptors (Lipinski definition) is 5. The number of carbonyl (C=O) groups excluding carboxylic acids is 1. The molecule has 2 N–H and O–H groups in total. The lowest BCUT2D eigenvalue weighted by Crippen LogP contribution is -2.28. The van der Waals surface area contributed by atoms with Gasteiger partial charge >= 0.3 is 0 Å².